The first-order valence-electron chi connectivity index (χ1n) is 7.26. The molecule has 2 N–H and O–H groups in total. The number of nitrogens with one attached hydrogen (secondary N) is 2. The van der Waals surface area contributed by atoms with Gasteiger partial charge in [0.2, 0.25) is 10.0 Å². The molecule has 1 aliphatic rings. The third-order valence-corrected chi connectivity index (χ3v) is 5.38. The van der Waals surface area contributed by atoms with Crippen molar-refractivity contribution in [2.45, 2.75) is 31.2 Å². The van der Waals surface area contributed by atoms with Crippen molar-refractivity contribution < 1.29 is 13.2 Å². The SMILES string of the molecule is CNCc1cccc(S(=O)(=O)NCC2(C)CCOCC2)c1. The molecule has 0 radical (unpaired) electrons. The van der Waals surface area contributed by atoms with Gasteiger partial charge in [0.05, 0.1) is 4.90 Å². The maximum Gasteiger partial charge on any atom is 0.240 e. The van der Waals surface area contributed by atoms with Crippen LogP contribution in [0.25, 0.3) is 0 Å². The number of ether oxygens (including phenoxy) is 1. The van der Waals surface area contributed by atoms with Crippen molar-refractivity contribution in [3.8, 4) is 0 Å². The van der Waals surface area contributed by atoms with Gasteiger partial charge in [0.15, 0.2) is 0 Å². The van der Waals surface area contributed by atoms with E-state index in [1.807, 2.05) is 13.1 Å². The summed E-state index contributed by atoms with van der Waals surface area (Å²) in [5.41, 5.74) is 0.936. The molecule has 2 rings (SSSR count). The topological polar surface area (TPSA) is 67.4 Å². The van der Waals surface area contributed by atoms with Crippen molar-refractivity contribution >= 4 is 10.0 Å². The highest BCUT2D eigenvalue weighted by Crippen LogP contribution is 2.29. The van der Waals surface area contributed by atoms with E-state index in [2.05, 4.69) is 17.0 Å². The molecule has 1 aromatic rings. The third kappa shape index (κ3) is 4.51. The van der Waals surface area contributed by atoms with Crippen LogP contribution in [-0.4, -0.2) is 35.2 Å². The van der Waals surface area contributed by atoms with Crippen molar-refractivity contribution in [3.63, 3.8) is 0 Å². The van der Waals surface area contributed by atoms with Gasteiger partial charge in [-0.3, -0.25) is 0 Å². The Labute approximate surface area is 127 Å². The molecule has 0 atom stereocenters. The van der Waals surface area contributed by atoms with Crippen LogP contribution in [0, 0.1) is 5.41 Å². The van der Waals surface area contributed by atoms with Gasteiger partial charge in [-0.1, -0.05) is 19.1 Å². The van der Waals surface area contributed by atoms with Gasteiger partial charge in [-0.15, -0.1) is 0 Å². The summed E-state index contributed by atoms with van der Waals surface area (Å²) in [6.45, 7) is 4.62. The van der Waals surface area contributed by atoms with Crippen LogP contribution >= 0.6 is 0 Å². The largest absolute Gasteiger partial charge is 0.381 e. The first kappa shape index (κ1) is 16.4. The van der Waals surface area contributed by atoms with Crippen LogP contribution in [0.15, 0.2) is 29.2 Å². The van der Waals surface area contributed by atoms with Crippen LogP contribution in [0.4, 0.5) is 0 Å². The Kier molecular flexibility index (Phi) is 5.37. The van der Waals surface area contributed by atoms with E-state index in [-0.39, 0.29) is 5.41 Å². The summed E-state index contributed by atoms with van der Waals surface area (Å²) in [5, 5.41) is 3.02. The van der Waals surface area contributed by atoms with E-state index in [0.717, 1.165) is 18.4 Å². The molecule has 0 bridgehead atoms. The van der Waals surface area contributed by atoms with Crippen LogP contribution in [0.2, 0.25) is 0 Å². The summed E-state index contributed by atoms with van der Waals surface area (Å²) in [7, 11) is -1.62. The second-order valence-corrected chi connectivity index (χ2v) is 7.69. The smallest absolute Gasteiger partial charge is 0.240 e. The summed E-state index contributed by atoms with van der Waals surface area (Å²) >= 11 is 0. The molecule has 1 fully saturated rings. The van der Waals surface area contributed by atoms with Gasteiger partial charge in [0, 0.05) is 26.3 Å². The second kappa shape index (κ2) is 6.87. The first-order valence-corrected chi connectivity index (χ1v) is 8.74. The lowest BCUT2D eigenvalue weighted by Gasteiger charge is -2.33. The minimum absolute atomic E-state index is 0.0199. The van der Waals surface area contributed by atoms with Gasteiger partial charge in [-0.25, -0.2) is 13.1 Å². The lowest BCUT2D eigenvalue weighted by molar-refractivity contribution is 0.0265. The monoisotopic (exact) mass is 312 g/mol. The molecule has 6 heteroatoms. The number of sulfonamides is 1. The molecule has 21 heavy (non-hydrogen) atoms. The van der Waals surface area contributed by atoms with E-state index in [0.29, 0.717) is 31.2 Å². The van der Waals surface area contributed by atoms with E-state index >= 15 is 0 Å². The highest BCUT2D eigenvalue weighted by Gasteiger charge is 2.29. The van der Waals surface area contributed by atoms with Gasteiger partial charge in [0.1, 0.15) is 0 Å². The van der Waals surface area contributed by atoms with Crippen molar-refractivity contribution in [1.29, 1.82) is 0 Å². The van der Waals surface area contributed by atoms with Gasteiger partial charge in [-0.2, -0.15) is 0 Å². The van der Waals surface area contributed by atoms with Gasteiger partial charge < -0.3 is 10.1 Å². The average molecular weight is 312 g/mol. The molecule has 0 unspecified atom stereocenters. The van der Waals surface area contributed by atoms with E-state index in [4.69, 9.17) is 4.74 Å². The molecular formula is C15H24N2O3S. The molecule has 0 amide bonds. The molecule has 1 heterocycles. The molecule has 1 saturated heterocycles. The van der Waals surface area contributed by atoms with Gasteiger partial charge in [-0.05, 0) is 43.0 Å². The summed E-state index contributed by atoms with van der Waals surface area (Å²) in [4.78, 5) is 0.325. The number of hydrogen-bond acceptors (Lipinski definition) is 4. The minimum atomic E-state index is -3.46. The average Bonchev–Trinajstić information content (AvgIpc) is 2.47. The van der Waals surface area contributed by atoms with Crippen LogP contribution in [0.5, 0.6) is 0 Å². The Hall–Kier alpha value is -0.950. The molecule has 1 aliphatic heterocycles. The Morgan fingerprint density at radius 3 is 2.67 bits per heavy atom. The lowest BCUT2D eigenvalue weighted by atomic mass is 9.83. The predicted octanol–water partition coefficient (Wildman–Crippen LogP) is 1.50. The highest BCUT2D eigenvalue weighted by molar-refractivity contribution is 7.89. The second-order valence-electron chi connectivity index (χ2n) is 5.93. The Balaban J connectivity index is 2.05. The van der Waals surface area contributed by atoms with Crippen LogP contribution < -0.4 is 10.0 Å². The Morgan fingerprint density at radius 1 is 1.29 bits per heavy atom. The molecule has 0 spiro atoms. The Bertz CT molecular complexity index is 566. The van der Waals surface area contributed by atoms with E-state index in [1.54, 1.807) is 18.2 Å². The normalized spacial score (nSPS) is 18.6. The summed E-state index contributed by atoms with van der Waals surface area (Å²) in [5.74, 6) is 0. The fraction of sp³-hybridized carbons (Fsp3) is 0.600. The van der Waals surface area contributed by atoms with Crippen LogP contribution in [0.3, 0.4) is 0 Å². The standard InChI is InChI=1S/C15H24N2O3S/c1-15(6-8-20-9-7-15)12-17-21(18,19)14-5-3-4-13(10-14)11-16-2/h3-5,10,16-17H,6-9,11-12H2,1-2H3. The van der Waals surface area contributed by atoms with Crippen molar-refractivity contribution in [1.82, 2.24) is 10.0 Å². The molecule has 0 aliphatic carbocycles. The first-order chi connectivity index (χ1) is 9.95. The minimum Gasteiger partial charge on any atom is -0.381 e. The van der Waals surface area contributed by atoms with E-state index in [9.17, 15) is 8.42 Å². The fourth-order valence-electron chi connectivity index (χ4n) is 2.42. The number of benzene rings is 1. The molecule has 5 nitrogen and oxygen atoms in total. The molecular weight excluding hydrogens is 288 g/mol. The van der Waals surface area contributed by atoms with Crippen LogP contribution in [0.1, 0.15) is 25.3 Å². The zero-order valence-electron chi connectivity index (χ0n) is 12.7. The number of rotatable bonds is 6. The van der Waals surface area contributed by atoms with E-state index < -0.39 is 10.0 Å². The van der Waals surface area contributed by atoms with E-state index in [1.165, 1.54) is 0 Å². The van der Waals surface area contributed by atoms with Crippen LogP contribution in [-0.2, 0) is 21.3 Å². The Morgan fingerprint density at radius 2 is 2.00 bits per heavy atom. The molecule has 0 saturated carbocycles. The van der Waals surface area contributed by atoms with Crippen molar-refractivity contribution in [2.75, 3.05) is 26.8 Å². The van der Waals surface area contributed by atoms with Gasteiger partial charge >= 0.3 is 0 Å². The summed E-state index contributed by atoms with van der Waals surface area (Å²) in [6.07, 6.45) is 1.77. The molecule has 0 aromatic heterocycles. The van der Waals surface area contributed by atoms with Crippen molar-refractivity contribution in [2.24, 2.45) is 5.41 Å². The maximum absolute atomic E-state index is 12.4. The fourth-order valence-corrected chi connectivity index (χ4v) is 3.69. The highest BCUT2D eigenvalue weighted by atomic mass is 32.2. The summed E-state index contributed by atoms with van der Waals surface area (Å²) in [6, 6.07) is 7.03. The number of hydrogen-bond donors (Lipinski definition) is 2. The predicted molar refractivity (Wildman–Crippen MR) is 82.6 cm³/mol. The summed E-state index contributed by atoms with van der Waals surface area (Å²) < 4.78 is 32.9. The quantitative estimate of drug-likeness (QED) is 0.835. The lowest BCUT2D eigenvalue weighted by Crippen LogP contribution is -2.39. The zero-order chi connectivity index (χ0) is 15.3. The zero-order valence-corrected chi connectivity index (χ0v) is 13.5. The van der Waals surface area contributed by atoms with Crippen molar-refractivity contribution in [3.05, 3.63) is 29.8 Å². The molecule has 118 valence electrons. The third-order valence-electron chi connectivity index (χ3n) is 3.98. The molecule has 1 aromatic carbocycles. The van der Waals surface area contributed by atoms with Gasteiger partial charge in [0.25, 0.3) is 0 Å². The maximum atomic E-state index is 12.4.